The van der Waals surface area contributed by atoms with Crippen molar-refractivity contribution in [1.82, 2.24) is 10.0 Å². The molecule has 6 heteroatoms. The summed E-state index contributed by atoms with van der Waals surface area (Å²) in [5.41, 5.74) is 0. The molecule has 1 atom stereocenters. The quantitative estimate of drug-likeness (QED) is 0.655. The van der Waals surface area contributed by atoms with Gasteiger partial charge in [-0.15, -0.1) is 0 Å². The number of hydrogen-bond acceptors (Lipinski definition) is 4. The van der Waals surface area contributed by atoms with E-state index in [1.807, 2.05) is 0 Å². The first-order valence-corrected chi connectivity index (χ1v) is 6.37. The van der Waals surface area contributed by atoms with E-state index in [0.717, 1.165) is 25.8 Å². The van der Waals surface area contributed by atoms with Crippen LogP contribution in [-0.2, 0) is 10.0 Å². The van der Waals surface area contributed by atoms with E-state index in [1.165, 1.54) is 0 Å². The lowest BCUT2D eigenvalue weighted by molar-refractivity contribution is 0.541. The van der Waals surface area contributed by atoms with Gasteiger partial charge in [0.05, 0.1) is 6.07 Å². The van der Waals surface area contributed by atoms with Gasteiger partial charge >= 0.3 is 0 Å². The van der Waals surface area contributed by atoms with Gasteiger partial charge in [-0.1, -0.05) is 0 Å². The molecule has 0 bridgehead atoms. The van der Waals surface area contributed by atoms with Gasteiger partial charge in [-0.2, -0.15) is 5.26 Å². The summed E-state index contributed by atoms with van der Waals surface area (Å²) in [6.45, 7) is 1.44. The molecular weight excluding hydrogens is 202 g/mol. The van der Waals surface area contributed by atoms with Crippen molar-refractivity contribution in [3.8, 4) is 6.07 Å². The molecule has 0 aromatic rings. The third kappa shape index (κ3) is 4.05. The molecule has 5 nitrogen and oxygen atoms in total. The molecule has 1 heterocycles. The van der Waals surface area contributed by atoms with Gasteiger partial charge in [-0.05, 0) is 25.8 Å². The Morgan fingerprint density at radius 3 is 2.93 bits per heavy atom. The summed E-state index contributed by atoms with van der Waals surface area (Å²) in [5.74, 6) is -0.453. The van der Waals surface area contributed by atoms with Crippen molar-refractivity contribution in [1.29, 1.82) is 5.26 Å². The molecule has 0 amide bonds. The summed E-state index contributed by atoms with van der Waals surface area (Å²) < 4.78 is 24.5. The number of hydrogen-bond donors (Lipinski definition) is 2. The molecule has 1 rings (SSSR count). The number of sulfonamides is 1. The molecule has 2 N–H and O–H groups in total. The minimum atomic E-state index is -3.36. The fourth-order valence-electron chi connectivity index (χ4n) is 1.53. The van der Waals surface area contributed by atoms with Gasteiger partial charge in [-0.25, -0.2) is 13.1 Å². The third-order valence-corrected chi connectivity index (χ3v) is 3.38. The van der Waals surface area contributed by atoms with Gasteiger partial charge < -0.3 is 5.32 Å². The number of nitrogens with one attached hydrogen (secondary N) is 2. The molecule has 0 saturated carbocycles. The zero-order chi connectivity index (χ0) is 10.4. The summed E-state index contributed by atoms with van der Waals surface area (Å²) in [7, 11) is -3.36. The molecule has 0 spiro atoms. The SMILES string of the molecule is N#CCS(=O)(=O)NCC[C@H]1CCCN1. The Morgan fingerprint density at radius 2 is 2.36 bits per heavy atom. The molecule has 14 heavy (non-hydrogen) atoms. The summed E-state index contributed by atoms with van der Waals surface area (Å²) in [6.07, 6.45) is 3.07. The second-order valence-electron chi connectivity index (χ2n) is 3.39. The van der Waals surface area contributed by atoms with E-state index in [4.69, 9.17) is 5.26 Å². The van der Waals surface area contributed by atoms with Crippen LogP contribution >= 0.6 is 0 Å². The number of nitrogens with zero attached hydrogens (tertiary/aromatic N) is 1. The Morgan fingerprint density at radius 1 is 1.57 bits per heavy atom. The minimum absolute atomic E-state index is 0.418. The van der Waals surface area contributed by atoms with Crippen molar-refractivity contribution in [2.24, 2.45) is 0 Å². The zero-order valence-corrected chi connectivity index (χ0v) is 8.81. The molecule has 0 radical (unpaired) electrons. The predicted molar refractivity (Wildman–Crippen MR) is 53.0 cm³/mol. The van der Waals surface area contributed by atoms with Crippen LogP contribution in [0.15, 0.2) is 0 Å². The van der Waals surface area contributed by atoms with E-state index >= 15 is 0 Å². The fourth-order valence-corrected chi connectivity index (χ4v) is 2.23. The molecule has 1 saturated heterocycles. The summed E-state index contributed by atoms with van der Waals surface area (Å²) in [5, 5.41) is 11.5. The van der Waals surface area contributed by atoms with Gasteiger partial charge in [-0.3, -0.25) is 0 Å². The lowest BCUT2D eigenvalue weighted by Crippen LogP contribution is -2.31. The Hall–Kier alpha value is -0.640. The van der Waals surface area contributed by atoms with E-state index < -0.39 is 15.8 Å². The van der Waals surface area contributed by atoms with E-state index in [9.17, 15) is 8.42 Å². The second kappa shape index (κ2) is 5.29. The average Bonchev–Trinajstić information content (AvgIpc) is 2.56. The Balaban J connectivity index is 2.17. The van der Waals surface area contributed by atoms with Crippen LogP contribution in [0.25, 0.3) is 0 Å². The highest BCUT2D eigenvalue weighted by atomic mass is 32.2. The second-order valence-corrected chi connectivity index (χ2v) is 5.20. The smallest absolute Gasteiger partial charge is 0.225 e. The van der Waals surface area contributed by atoms with E-state index in [-0.39, 0.29) is 0 Å². The van der Waals surface area contributed by atoms with Crippen molar-refractivity contribution >= 4 is 10.0 Å². The maximum absolute atomic E-state index is 11.1. The lowest BCUT2D eigenvalue weighted by atomic mass is 10.2. The third-order valence-electron chi connectivity index (χ3n) is 2.23. The summed E-state index contributed by atoms with van der Waals surface area (Å²) >= 11 is 0. The van der Waals surface area contributed by atoms with Crippen LogP contribution in [0.2, 0.25) is 0 Å². The van der Waals surface area contributed by atoms with Crippen molar-refractivity contribution in [3.05, 3.63) is 0 Å². The molecular formula is C8H15N3O2S. The van der Waals surface area contributed by atoms with E-state index in [0.29, 0.717) is 12.6 Å². The maximum Gasteiger partial charge on any atom is 0.225 e. The van der Waals surface area contributed by atoms with Gasteiger partial charge in [0, 0.05) is 12.6 Å². The van der Waals surface area contributed by atoms with Crippen LogP contribution < -0.4 is 10.0 Å². The van der Waals surface area contributed by atoms with Crippen LogP contribution in [0, 0.1) is 11.3 Å². The van der Waals surface area contributed by atoms with Crippen molar-refractivity contribution in [2.45, 2.75) is 25.3 Å². The number of rotatable bonds is 5. The van der Waals surface area contributed by atoms with Crippen molar-refractivity contribution < 1.29 is 8.42 Å². The monoisotopic (exact) mass is 217 g/mol. The van der Waals surface area contributed by atoms with Gasteiger partial charge in [0.15, 0.2) is 5.75 Å². The van der Waals surface area contributed by atoms with Gasteiger partial charge in [0.25, 0.3) is 0 Å². The maximum atomic E-state index is 11.1. The van der Waals surface area contributed by atoms with Crippen LogP contribution in [0.3, 0.4) is 0 Å². The standard InChI is InChI=1S/C8H15N3O2S/c9-4-7-14(12,13)11-6-3-8-2-1-5-10-8/h8,10-11H,1-3,5-7H2/t8-/m1/s1. The molecule has 0 aromatic carbocycles. The highest BCUT2D eigenvalue weighted by Gasteiger charge is 2.15. The highest BCUT2D eigenvalue weighted by molar-refractivity contribution is 7.89. The average molecular weight is 217 g/mol. The van der Waals surface area contributed by atoms with Crippen LogP contribution in [0.4, 0.5) is 0 Å². The Bertz CT molecular complexity index is 301. The molecule has 0 aliphatic carbocycles. The predicted octanol–water partition coefficient (Wildman–Crippen LogP) is -0.429. The van der Waals surface area contributed by atoms with Crippen LogP contribution in [-0.4, -0.2) is 33.3 Å². The fraction of sp³-hybridized carbons (Fsp3) is 0.875. The van der Waals surface area contributed by atoms with E-state index in [2.05, 4.69) is 10.0 Å². The van der Waals surface area contributed by atoms with Gasteiger partial charge in [0.2, 0.25) is 10.0 Å². The van der Waals surface area contributed by atoms with Gasteiger partial charge in [0.1, 0.15) is 0 Å². The molecule has 80 valence electrons. The molecule has 1 fully saturated rings. The largest absolute Gasteiger partial charge is 0.314 e. The molecule has 1 aliphatic heterocycles. The Labute approximate surface area is 84.5 Å². The van der Waals surface area contributed by atoms with E-state index in [1.54, 1.807) is 6.07 Å². The molecule has 0 unspecified atom stereocenters. The molecule has 0 aromatic heterocycles. The summed E-state index contributed by atoms with van der Waals surface area (Å²) in [4.78, 5) is 0. The Kier molecular flexibility index (Phi) is 4.32. The first-order valence-electron chi connectivity index (χ1n) is 4.72. The number of nitriles is 1. The first-order chi connectivity index (χ1) is 6.64. The topological polar surface area (TPSA) is 82.0 Å². The normalized spacial score (nSPS) is 22.1. The minimum Gasteiger partial charge on any atom is -0.314 e. The first kappa shape index (κ1) is 11.4. The molecule has 1 aliphatic rings. The lowest BCUT2D eigenvalue weighted by Gasteiger charge is -2.09. The highest BCUT2D eigenvalue weighted by Crippen LogP contribution is 2.07. The van der Waals surface area contributed by atoms with Crippen LogP contribution in [0.1, 0.15) is 19.3 Å². The summed E-state index contributed by atoms with van der Waals surface area (Å²) in [6, 6.07) is 2.05. The van der Waals surface area contributed by atoms with Crippen molar-refractivity contribution in [2.75, 3.05) is 18.8 Å². The zero-order valence-electron chi connectivity index (χ0n) is 7.99. The van der Waals surface area contributed by atoms with Crippen molar-refractivity contribution in [3.63, 3.8) is 0 Å². The van der Waals surface area contributed by atoms with Crippen LogP contribution in [0.5, 0.6) is 0 Å².